The molecule has 1 spiro atoms. The average Bonchev–Trinajstić information content (AvgIpc) is 3.07. The summed E-state index contributed by atoms with van der Waals surface area (Å²) >= 11 is 0. The number of rotatable bonds is 1. The van der Waals surface area contributed by atoms with E-state index < -0.39 is 11.3 Å². The molecular formula is C20H36F2. The van der Waals surface area contributed by atoms with E-state index >= 15 is 0 Å². The largest absolute Gasteiger partial charge is 0.279 e. The van der Waals surface area contributed by atoms with Gasteiger partial charge in [-0.1, -0.05) is 58.6 Å². The number of hydrogen-bond acceptors (Lipinski definition) is 0. The third-order valence-electron chi connectivity index (χ3n) is 4.90. The van der Waals surface area contributed by atoms with Gasteiger partial charge >= 0.3 is 0 Å². The highest BCUT2D eigenvalue weighted by Crippen LogP contribution is 2.64. The quantitative estimate of drug-likeness (QED) is 0.465. The van der Waals surface area contributed by atoms with Crippen LogP contribution in [0.1, 0.15) is 93.9 Å². The van der Waals surface area contributed by atoms with Gasteiger partial charge in [0.15, 0.2) is 0 Å². The minimum atomic E-state index is -2.62. The van der Waals surface area contributed by atoms with Crippen LogP contribution in [0.3, 0.4) is 0 Å². The van der Waals surface area contributed by atoms with Crippen LogP contribution >= 0.6 is 0 Å². The Kier molecular flexibility index (Phi) is 8.57. The minimum Gasteiger partial charge on any atom is -0.201 e. The molecule has 0 aliphatic heterocycles. The summed E-state index contributed by atoms with van der Waals surface area (Å²) in [5.74, 6) is -2.62. The number of halogens is 2. The summed E-state index contributed by atoms with van der Waals surface area (Å²) in [6.45, 7) is 15.7. The number of hydrogen-bond donors (Lipinski definition) is 0. The zero-order valence-electron chi connectivity index (χ0n) is 16.0. The first kappa shape index (κ1) is 21.3. The van der Waals surface area contributed by atoms with Crippen LogP contribution < -0.4 is 0 Å². The summed E-state index contributed by atoms with van der Waals surface area (Å²) in [7, 11) is 0. The molecule has 2 heteroatoms. The van der Waals surface area contributed by atoms with Crippen molar-refractivity contribution in [3.8, 4) is 0 Å². The highest BCUT2D eigenvalue weighted by Gasteiger charge is 2.62. The molecule has 2 saturated carbocycles. The lowest BCUT2D eigenvalue weighted by atomic mass is 9.80. The Hall–Kier alpha value is -0.660. The van der Waals surface area contributed by atoms with Crippen molar-refractivity contribution >= 4 is 0 Å². The van der Waals surface area contributed by atoms with E-state index in [4.69, 9.17) is 0 Å². The van der Waals surface area contributed by atoms with Crippen molar-refractivity contribution in [2.45, 2.75) is 99.8 Å². The molecule has 0 amide bonds. The fourth-order valence-electron chi connectivity index (χ4n) is 3.73. The van der Waals surface area contributed by atoms with Crippen LogP contribution in [0, 0.1) is 5.41 Å². The van der Waals surface area contributed by atoms with Gasteiger partial charge in [0.05, 0.1) is 0 Å². The topological polar surface area (TPSA) is 0 Å². The summed E-state index contributed by atoms with van der Waals surface area (Å²) in [5.41, 5.74) is 2.51. The molecule has 2 aliphatic carbocycles. The molecule has 2 aliphatic rings. The molecule has 0 aromatic rings. The van der Waals surface area contributed by atoms with Gasteiger partial charge in [0.1, 0.15) is 0 Å². The van der Waals surface area contributed by atoms with Gasteiger partial charge in [-0.15, -0.1) is 0 Å². The first-order valence-electron chi connectivity index (χ1n) is 9.10. The zero-order valence-corrected chi connectivity index (χ0v) is 16.0. The van der Waals surface area contributed by atoms with E-state index in [-0.39, 0.29) is 0 Å². The van der Waals surface area contributed by atoms with Crippen molar-refractivity contribution in [3.63, 3.8) is 0 Å². The maximum Gasteiger partial charge on any atom is 0.279 e. The second-order valence-corrected chi connectivity index (χ2v) is 6.23. The molecule has 0 aromatic carbocycles. The van der Waals surface area contributed by atoms with Crippen LogP contribution in [-0.4, -0.2) is 5.92 Å². The van der Waals surface area contributed by atoms with Crippen molar-refractivity contribution in [3.05, 3.63) is 22.3 Å². The van der Waals surface area contributed by atoms with Crippen LogP contribution in [0.4, 0.5) is 8.78 Å². The Balaban J connectivity index is 0.00000102. The molecule has 0 atom stereocenters. The van der Waals surface area contributed by atoms with Crippen molar-refractivity contribution in [1.82, 2.24) is 0 Å². The molecule has 0 aromatic heterocycles. The molecular weight excluding hydrogens is 278 g/mol. The van der Waals surface area contributed by atoms with Gasteiger partial charge in [-0.05, 0) is 52.0 Å². The third-order valence-corrected chi connectivity index (χ3v) is 4.90. The third kappa shape index (κ3) is 3.63. The van der Waals surface area contributed by atoms with Crippen molar-refractivity contribution in [2.75, 3.05) is 0 Å². The van der Waals surface area contributed by atoms with E-state index in [0.717, 1.165) is 36.0 Å². The van der Waals surface area contributed by atoms with E-state index in [9.17, 15) is 8.78 Å². The van der Waals surface area contributed by atoms with E-state index in [1.165, 1.54) is 0 Å². The standard InChI is InChI=1S/C16H24F2.2C2H6/c1-5-12(4)13-10-15(8-6-7-9-15)16(17,18)14(13)11(2)3;2*1-2/h5-10H2,1-4H3;2*1-2H3/b13-12-;;. The molecule has 22 heavy (non-hydrogen) atoms. The van der Waals surface area contributed by atoms with Gasteiger partial charge in [-0.3, -0.25) is 0 Å². The maximum absolute atomic E-state index is 14.9. The molecule has 0 N–H and O–H groups in total. The maximum atomic E-state index is 14.9. The monoisotopic (exact) mass is 314 g/mol. The predicted molar refractivity (Wildman–Crippen MR) is 94.5 cm³/mol. The molecule has 0 bridgehead atoms. The van der Waals surface area contributed by atoms with Crippen molar-refractivity contribution < 1.29 is 8.78 Å². The number of allylic oxidation sites excluding steroid dienone is 4. The highest BCUT2D eigenvalue weighted by atomic mass is 19.3. The van der Waals surface area contributed by atoms with E-state index in [0.29, 0.717) is 24.8 Å². The van der Waals surface area contributed by atoms with Gasteiger partial charge in [0.2, 0.25) is 0 Å². The van der Waals surface area contributed by atoms with Crippen molar-refractivity contribution in [1.29, 1.82) is 0 Å². The van der Waals surface area contributed by atoms with Crippen LogP contribution in [0.5, 0.6) is 0 Å². The molecule has 0 unspecified atom stereocenters. The van der Waals surface area contributed by atoms with E-state index in [2.05, 4.69) is 6.92 Å². The molecule has 2 rings (SSSR count). The normalized spacial score (nSPS) is 23.5. The number of alkyl halides is 2. The highest BCUT2D eigenvalue weighted by molar-refractivity contribution is 5.50. The Bertz CT molecular complexity index is 403. The van der Waals surface area contributed by atoms with Gasteiger partial charge in [0, 0.05) is 11.0 Å². The molecule has 0 radical (unpaired) electrons. The first-order chi connectivity index (χ1) is 10.4. The van der Waals surface area contributed by atoms with Crippen LogP contribution in [0.15, 0.2) is 22.3 Å². The summed E-state index contributed by atoms with van der Waals surface area (Å²) in [6.07, 6.45) is 4.78. The summed E-state index contributed by atoms with van der Waals surface area (Å²) in [5, 5.41) is 0. The molecule has 0 nitrogen and oxygen atoms in total. The average molecular weight is 315 g/mol. The molecule has 0 heterocycles. The fraction of sp³-hybridized carbons (Fsp3) is 0.800. The van der Waals surface area contributed by atoms with Crippen LogP contribution in [0.2, 0.25) is 0 Å². The summed E-state index contributed by atoms with van der Waals surface area (Å²) in [4.78, 5) is 0. The van der Waals surface area contributed by atoms with Gasteiger partial charge < -0.3 is 0 Å². The fourth-order valence-corrected chi connectivity index (χ4v) is 3.73. The second-order valence-electron chi connectivity index (χ2n) is 6.23. The molecule has 130 valence electrons. The first-order valence-corrected chi connectivity index (χ1v) is 9.10. The lowest BCUT2D eigenvalue weighted by molar-refractivity contribution is -0.0674. The molecule has 2 fully saturated rings. The lowest BCUT2D eigenvalue weighted by Gasteiger charge is -2.30. The molecule has 0 saturated heterocycles. The van der Waals surface area contributed by atoms with E-state index in [1.807, 2.05) is 48.5 Å². The zero-order chi connectivity index (χ0) is 17.6. The van der Waals surface area contributed by atoms with Gasteiger partial charge in [-0.2, -0.15) is 0 Å². The van der Waals surface area contributed by atoms with Crippen LogP contribution in [0.25, 0.3) is 0 Å². The van der Waals surface area contributed by atoms with E-state index in [1.54, 1.807) is 0 Å². The predicted octanol–water partition coefficient (Wildman–Crippen LogP) is 7.70. The van der Waals surface area contributed by atoms with Crippen molar-refractivity contribution in [2.24, 2.45) is 5.41 Å². The van der Waals surface area contributed by atoms with Gasteiger partial charge in [-0.25, -0.2) is 8.78 Å². The Morgan fingerprint density at radius 2 is 1.41 bits per heavy atom. The summed E-state index contributed by atoms with van der Waals surface area (Å²) in [6, 6.07) is 0. The van der Waals surface area contributed by atoms with Crippen LogP contribution in [-0.2, 0) is 0 Å². The Labute approximate surface area is 137 Å². The second kappa shape index (κ2) is 8.84. The van der Waals surface area contributed by atoms with Gasteiger partial charge in [0.25, 0.3) is 5.92 Å². The lowest BCUT2D eigenvalue weighted by Crippen LogP contribution is -2.35. The Morgan fingerprint density at radius 3 is 1.77 bits per heavy atom. The SMILES string of the molecule is CC.CC.CC/C(C)=C1/CC2(CCCC2)C(F)(F)C1=C(C)C. The smallest absolute Gasteiger partial charge is 0.201 e. The Morgan fingerprint density at radius 1 is 0.955 bits per heavy atom. The minimum absolute atomic E-state index is 0.365. The summed E-state index contributed by atoms with van der Waals surface area (Å²) < 4.78 is 29.7.